The first-order valence-corrected chi connectivity index (χ1v) is 5.59. The molecule has 0 aliphatic carbocycles. The van der Waals surface area contributed by atoms with E-state index in [1.165, 1.54) is 11.3 Å². The first-order valence-electron chi connectivity index (χ1n) is 3.98. The van der Waals surface area contributed by atoms with Gasteiger partial charge >= 0.3 is 0 Å². The Morgan fingerprint density at radius 1 is 1.50 bits per heavy atom. The Morgan fingerprint density at radius 3 is 2.93 bits per heavy atom. The fourth-order valence-electron chi connectivity index (χ4n) is 1.37. The summed E-state index contributed by atoms with van der Waals surface area (Å²) in [6, 6.07) is 5.83. The highest BCUT2D eigenvalue weighted by atomic mass is 79.9. The van der Waals surface area contributed by atoms with Gasteiger partial charge in [-0.2, -0.15) is 0 Å². The lowest BCUT2D eigenvalue weighted by atomic mass is 10.2. The number of carbonyl (C=O) groups is 1. The van der Waals surface area contributed by atoms with Crippen molar-refractivity contribution < 1.29 is 9.53 Å². The molecule has 0 saturated carbocycles. The van der Waals surface area contributed by atoms with Crippen LogP contribution >= 0.6 is 27.3 Å². The van der Waals surface area contributed by atoms with E-state index in [0.29, 0.717) is 10.6 Å². The van der Waals surface area contributed by atoms with Crippen molar-refractivity contribution in [1.82, 2.24) is 0 Å². The third kappa shape index (κ3) is 1.35. The molecule has 0 saturated heterocycles. The minimum absolute atomic E-state index is 0.625. The molecule has 0 aliphatic heterocycles. The molecule has 4 heteroatoms. The van der Waals surface area contributed by atoms with Crippen LogP contribution in [0.15, 0.2) is 22.7 Å². The fraction of sp³-hybridized carbons (Fsp3) is 0.100. The van der Waals surface area contributed by atoms with Crippen LogP contribution in [0.2, 0.25) is 0 Å². The van der Waals surface area contributed by atoms with Crippen molar-refractivity contribution in [3.05, 3.63) is 28.2 Å². The van der Waals surface area contributed by atoms with Crippen LogP contribution in [-0.4, -0.2) is 13.4 Å². The number of aldehydes is 1. The van der Waals surface area contributed by atoms with Crippen molar-refractivity contribution in [3.63, 3.8) is 0 Å². The summed E-state index contributed by atoms with van der Waals surface area (Å²) in [7, 11) is 1.58. The molecular weight excluding hydrogens is 264 g/mol. The summed E-state index contributed by atoms with van der Waals surface area (Å²) < 4.78 is 7.12. The minimum Gasteiger partial charge on any atom is -0.487 e. The van der Waals surface area contributed by atoms with Crippen molar-refractivity contribution in [2.45, 2.75) is 0 Å². The summed E-state index contributed by atoms with van der Waals surface area (Å²) in [6.07, 6.45) is 0.836. The maximum atomic E-state index is 10.9. The van der Waals surface area contributed by atoms with Gasteiger partial charge in [0.1, 0.15) is 0 Å². The predicted molar refractivity (Wildman–Crippen MR) is 61.5 cm³/mol. The molecule has 2 rings (SSSR count). The molecule has 0 fully saturated rings. The second-order valence-corrected chi connectivity index (χ2v) is 4.61. The molecule has 72 valence electrons. The van der Waals surface area contributed by atoms with Gasteiger partial charge in [-0.25, -0.2) is 0 Å². The Bertz CT molecular complexity index is 490. The SMILES string of the molecule is COc1sc2cccc(Br)c2c1C=O. The van der Waals surface area contributed by atoms with Gasteiger partial charge in [0, 0.05) is 14.6 Å². The highest BCUT2D eigenvalue weighted by Crippen LogP contribution is 2.39. The number of rotatable bonds is 2. The highest BCUT2D eigenvalue weighted by Gasteiger charge is 2.13. The summed E-state index contributed by atoms with van der Waals surface area (Å²) in [4.78, 5) is 10.9. The molecular formula is C10H7BrO2S. The maximum absolute atomic E-state index is 10.9. The maximum Gasteiger partial charge on any atom is 0.185 e. The van der Waals surface area contributed by atoms with E-state index in [2.05, 4.69) is 15.9 Å². The highest BCUT2D eigenvalue weighted by molar-refractivity contribution is 9.10. The average molecular weight is 271 g/mol. The van der Waals surface area contributed by atoms with E-state index >= 15 is 0 Å². The van der Waals surface area contributed by atoms with Crippen LogP contribution < -0.4 is 4.74 Å². The van der Waals surface area contributed by atoms with Crippen molar-refractivity contribution >= 4 is 43.6 Å². The van der Waals surface area contributed by atoms with Gasteiger partial charge in [0.05, 0.1) is 12.7 Å². The Kier molecular flexibility index (Phi) is 2.56. The van der Waals surface area contributed by atoms with Crippen molar-refractivity contribution in [3.8, 4) is 5.06 Å². The summed E-state index contributed by atoms with van der Waals surface area (Å²) in [5, 5.41) is 1.60. The van der Waals surface area contributed by atoms with Gasteiger partial charge in [-0.05, 0) is 12.1 Å². The Morgan fingerprint density at radius 2 is 2.29 bits per heavy atom. The molecule has 0 radical (unpaired) electrons. The van der Waals surface area contributed by atoms with E-state index in [4.69, 9.17) is 4.74 Å². The molecule has 0 unspecified atom stereocenters. The monoisotopic (exact) mass is 270 g/mol. The zero-order chi connectivity index (χ0) is 10.1. The van der Waals surface area contributed by atoms with Gasteiger partial charge in [0.15, 0.2) is 11.3 Å². The number of halogens is 1. The molecule has 0 spiro atoms. The lowest BCUT2D eigenvalue weighted by molar-refractivity contribution is 0.112. The Balaban J connectivity index is 2.88. The van der Waals surface area contributed by atoms with Crippen molar-refractivity contribution in [2.24, 2.45) is 0 Å². The van der Waals surface area contributed by atoms with E-state index in [-0.39, 0.29) is 0 Å². The van der Waals surface area contributed by atoms with Crippen LogP contribution in [0, 0.1) is 0 Å². The first-order chi connectivity index (χ1) is 6.77. The molecule has 0 atom stereocenters. The fourth-order valence-corrected chi connectivity index (χ4v) is 3.09. The van der Waals surface area contributed by atoms with E-state index < -0.39 is 0 Å². The minimum atomic E-state index is 0.625. The number of methoxy groups -OCH3 is 1. The van der Waals surface area contributed by atoms with E-state index in [9.17, 15) is 4.79 Å². The van der Waals surface area contributed by atoms with Gasteiger partial charge in [-0.1, -0.05) is 33.3 Å². The van der Waals surface area contributed by atoms with E-state index in [0.717, 1.165) is 20.8 Å². The molecule has 14 heavy (non-hydrogen) atoms. The predicted octanol–water partition coefficient (Wildman–Crippen LogP) is 3.48. The van der Waals surface area contributed by atoms with Gasteiger partial charge in [-0.3, -0.25) is 4.79 Å². The molecule has 1 aromatic heterocycles. The summed E-state index contributed by atoms with van der Waals surface area (Å²) >= 11 is 4.90. The standard InChI is InChI=1S/C10H7BrO2S/c1-13-10-6(5-12)9-7(11)3-2-4-8(9)14-10/h2-5H,1H3. The lowest BCUT2D eigenvalue weighted by Gasteiger charge is -1.95. The van der Waals surface area contributed by atoms with Crippen LogP contribution in [0.3, 0.4) is 0 Å². The molecule has 0 aliphatic rings. The van der Waals surface area contributed by atoms with Crippen molar-refractivity contribution in [1.29, 1.82) is 0 Å². The largest absolute Gasteiger partial charge is 0.487 e. The first kappa shape index (κ1) is 9.68. The van der Waals surface area contributed by atoms with Crippen LogP contribution in [0.1, 0.15) is 10.4 Å². The summed E-state index contributed by atoms with van der Waals surface area (Å²) in [5.74, 6) is 0. The lowest BCUT2D eigenvalue weighted by Crippen LogP contribution is -1.84. The van der Waals surface area contributed by atoms with Gasteiger partial charge in [0.25, 0.3) is 0 Å². The number of fused-ring (bicyclic) bond motifs is 1. The Hall–Kier alpha value is -0.870. The summed E-state index contributed by atoms with van der Waals surface area (Å²) in [5.41, 5.74) is 0.625. The molecule has 0 amide bonds. The average Bonchev–Trinajstić information content (AvgIpc) is 2.56. The molecule has 1 heterocycles. The quantitative estimate of drug-likeness (QED) is 0.781. The number of hydrogen-bond donors (Lipinski definition) is 0. The zero-order valence-corrected chi connectivity index (χ0v) is 9.81. The van der Waals surface area contributed by atoms with Gasteiger partial charge in [0.2, 0.25) is 0 Å². The van der Waals surface area contributed by atoms with Crippen molar-refractivity contribution in [2.75, 3.05) is 7.11 Å². The van der Waals surface area contributed by atoms with Crippen LogP contribution in [0.4, 0.5) is 0 Å². The smallest absolute Gasteiger partial charge is 0.185 e. The third-order valence-corrected chi connectivity index (χ3v) is 3.76. The number of thiophene rings is 1. The third-order valence-electron chi connectivity index (χ3n) is 1.97. The topological polar surface area (TPSA) is 26.3 Å². The molecule has 2 nitrogen and oxygen atoms in total. The number of ether oxygens (including phenoxy) is 1. The van der Waals surface area contributed by atoms with Gasteiger partial charge in [-0.15, -0.1) is 0 Å². The summed E-state index contributed by atoms with van der Waals surface area (Å²) in [6.45, 7) is 0. The molecule has 0 bridgehead atoms. The number of carbonyl (C=O) groups excluding carboxylic acids is 1. The van der Waals surface area contributed by atoms with Gasteiger partial charge < -0.3 is 4.74 Å². The normalized spacial score (nSPS) is 10.4. The molecule has 1 aromatic carbocycles. The van der Waals surface area contributed by atoms with Crippen LogP contribution in [-0.2, 0) is 0 Å². The second kappa shape index (κ2) is 3.71. The number of benzene rings is 1. The van der Waals surface area contributed by atoms with Crippen LogP contribution in [0.5, 0.6) is 5.06 Å². The van der Waals surface area contributed by atoms with E-state index in [1.807, 2.05) is 18.2 Å². The Labute approximate surface area is 93.6 Å². The second-order valence-electron chi connectivity index (χ2n) is 2.74. The molecule has 0 N–H and O–H groups in total. The zero-order valence-electron chi connectivity index (χ0n) is 7.41. The van der Waals surface area contributed by atoms with E-state index in [1.54, 1.807) is 7.11 Å². The number of hydrogen-bond acceptors (Lipinski definition) is 3. The van der Waals surface area contributed by atoms with Crippen LogP contribution in [0.25, 0.3) is 10.1 Å². The molecule has 2 aromatic rings.